The smallest absolute Gasteiger partial charge is 0.328 e. The van der Waals surface area contributed by atoms with E-state index in [1.54, 1.807) is 0 Å². The van der Waals surface area contributed by atoms with Gasteiger partial charge in [-0.25, -0.2) is 13.6 Å². The van der Waals surface area contributed by atoms with Crippen LogP contribution in [0.3, 0.4) is 0 Å². The van der Waals surface area contributed by atoms with Crippen LogP contribution < -0.4 is 5.32 Å². The molecule has 0 aliphatic carbocycles. The van der Waals surface area contributed by atoms with Gasteiger partial charge < -0.3 is 10.1 Å². The lowest BCUT2D eigenvalue weighted by molar-refractivity contribution is -0.142. The Balaban J connectivity index is 2.19. The van der Waals surface area contributed by atoms with Crippen molar-refractivity contribution in [3.05, 3.63) is 68.8 Å². The second kappa shape index (κ2) is 8.18. The summed E-state index contributed by atoms with van der Waals surface area (Å²) in [5, 5.41) is 2.46. The average Bonchev–Trinajstić information content (AvgIpc) is 2.52. The molecule has 0 spiro atoms. The Morgan fingerprint density at radius 1 is 1.17 bits per heavy atom. The van der Waals surface area contributed by atoms with Crippen molar-refractivity contribution in [1.82, 2.24) is 5.32 Å². The van der Waals surface area contributed by atoms with Gasteiger partial charge in [-0.1, -0.05) is 12.1 Å². The summed E-state index contributed by atoms with van der Waals surface area (Å²) in [6.45, 7) is 0. The van der Waals surface area contributed by atoms with Crippen LogP contribution in [0.5, 0.6) is 0 Å². The van der Waals surface area contributed by atoms with Gasteiger partial charge in [-0.3, -0.25) is 4.79 Å². The maximum absolute atomic E-state index is 13.2. The summed E-state index contributed by atoms with van der Waals surface area (Å²) in [5.74, 6) is -3.13. The number of rotatable bonds is 5. The zero-order valence-corrected chi connectivity index (χ0v) is 14.8. The number of benzene rings is 2. The van der Waals surface area contributed by atoms with Crippen molar-refractivity contribution in [3.8, 4) is 0 Å². The minimum atomic E-state index is -0.966. The van der Waals surface area contributed by atoms with E-state index in [0.29, 0.717) is 6.07 Å². The van der Waals surface area contributed by atoms with E-state index in [0.717, 1.165) is 21.3 Å². The first-order valence-corrected chi connectivity index (χ1v) is 8.06. The molecule has 2 rings (SSSR count). The number of carbonyl (C=O) groups excluding carboxylic acids is 2. The van der Waals surface area contributed by atoms with Crippen LogP contribution in [0.4, 0.5) is 8.78 Å². The highest BCUT2D eigenvalue weighted by Gasteiger charge is 2.23. The maximum Gasteiger partial charge on any atom is 0.328 e. The van der Waals surface area contributed by atoms with Gasteiger partial charge in [0, 0.05) is 21.6 Å². The quantitative estimate of drug-likeness (QED) is 0.569. The second-order valence-electron chi connectivity index (χ2n) is 5.04. The molecule has 1 N–H and O–H groups in total. The summed E-state index contributed by atoms with van der Waals surface area (Å²) in [6, 6.07) is 8.90. The minimum absolute atomic E-state index is 0.201. The Labute approximate surface area is 151 Å². The van der Waals surface area contributed by atoms with E-state index < -0.39 is 29.6 Å². The van der Waals surface area contributed by atoms with Crippen LogP contribution in [0.25, 0.3) is 0 Å². The maximum atomic E-state index is 13.2. The van der Waals surface area contributed by atoms with E-state index in [2.05, 4.69) is 27.9 Å². The third-order valence-electron chi connectivity index (χ3n) is 3.24. The molecule has 0 radical (unpaired) electrons. The zero-order chi connectivity index (χ0) is 17.7. The minimum Gasteiger partial charge on any atom is -0.467 e. The summed E-state index contributed by atoms with van der Waals surface area (Å²) in [5.41, 5.74) is 0.618. The lowest BCUT2D eigenvalue weighted by atomic mass is 10.1. The van der Waals surface area contributed by atoms with Gasteiger partial charge in [0.2, 0.25) is 0 Å². The Kier molecular flexibility index (Phi) is 6.24. The lowest BCUT2D eigenvalue weighted by Crippen LogP contribution is -2.43. The number of esters is 1. The van der Waals surface area contributed by atoms with Crippen molar-refractivity contribution in [2.24, 2.45) is 0 Å². The molecular formula is C17H14F2INO3. The molecule has 2 aromatic rings. The summed E-state index contributed by atoms with van der Waals surface area (Å²) >= 11 is 2.13. The first-order valence-electron chi connectivity index (χ1n) is 6.98. The fourth-order valence-electron chi connectivity index (χ4n) is 2.16. The SMILES string of the molecule is COC(=O)[C@@H](Cc1cccc(I)c1)NC(=O)c1cc(F)cc(F)c1. The van der Waals surface area contributed by atoms with Crippen molar-refractivity contribution >= 4 is 34.5 Å². The number of halogens is 3. The highest BCUT2D eigenvalue weighted by molar-refractivity contribution is 14.1. The van der Waals surface area contributed by atoms with Gasteiger partial charge in [-0.2, -0.15) is 0 Å². The Hall–Kier alpha value is -2.03. The van der Waals surface area contributed by atoms with Crippen LogP contribution in [-0.4, -0.2) is 25.0 Å². The molecule has 0 aliphatic heterocycles. The predicted molar refractivity (Wildman–Crippen MR) is 92.5 cm³/mol. The number of ether oxygens (including phenoxy) is 1. The first kappa shape index (κ1) is 18.3. The molecule has 2 aromatic carbocycles. The van der Waals surface area contributed by atoms with Gasteiger partial charge in [-0.05, 0) is 52.4 Å². The molecule has 0 aliphatic rings. The Morgan fingerprint density at radius 2 is 1.83 bits per heavy atom. The molecule has 126 valence electrons. The number of hydrogen-bond acceptors (Lipinski definition) is 3. The highest BCUT2D eigenvalue weighted by atomic mass is 127. The van der Waals surface area contributed by atoms with E-state index in [9.17, 15) is 18.4 Å². The van der Waals surface area contributed by atoms with Crippen LogP contribution in [0.2, 0.25) is 0 Å². The van der Waals surface area contributed by atoms with Crippen molar-refractivity contribution in [3.63, 3.8) is 0 Å². The molecule has 0 fully saturated rings. The van der Waals surface area contributed by atoms with Crippen molar-refractivity contribution in [1.29, 1.82) is 0 Å². The van der Waals surface area contributed by atoms with E-state index >= 15 is 0 Å². The molecule has 0 heterocycles. The molecule has 0 unspecified atom stereocenters. The zero-order valence-electron chi connectivity index (χ0n) is 12.7. The summed E-state index contributed by atoms with van der Waals surface area (Å²) in [7, 11) is 1.21. The van der Waals surface area contributed by atoms with Gasteiger partial charge in [0.1, 0.15) is 17.7 Å². The molecule has 1 amide bonds. The fourth-order valence-corrected chi connectivity index (χ4v) is 2.77. The van der Waals surface area contributed by atoms with E-state index in [-0.39, 0.29) is 12.0 Å². The topological polar surface area (TPSA) is 55.4 Å². The fraction of sp³-hybridized carbons (Fsp3) is 0.176. The van der Waals surface area contributed by atoms with Crippen LogP contribution in [0.1, 0.15) is 15.9 Å². The molecule has 0 saturated heterocycles. The van der Waals surface area contributed by atoms with E-state index in [1.165, 1.54) is 7.11 Å². The van der Waals surface area contributed by atoms with E-state index in [1.807, 2.05) is 24.3 Å². The molecular weight excluding hydrogens is 431 g/mol. The standard InChI is InChI=1S/C17H14F2INO3/c1-24-17(23)15(6-10-3-2-4-14(20)5-10)21-16(22)11-7-12(18)9-13(19)8-11/h2-5,7-9,15H,6H2,1H3,(H,21,22)/t15-/m1/s1. The third-order valence-corrected chi connectivity index (χ3v) is 3.92. The van der Waals surface area contributed by atoms with Crippen molar-refractivity contribution < 1.29 is 23.1 Å². The normalized spacial score (nSPS) is 11.7. The Morgan fingerprint density at radius 3 is 2.42 bits per heavy atom. The van der Waals surface area contributed by atoms with Crippen LogP contribution in [0, 0.1) is 15.2 Å². The van der Waals surface area contributed by atoms with Crippen LogP contribution in [0.15, 0.2) is 42.5 Å². The summed E-state index contributed by atoms with van der Waals surface area (Å²) < 4.78 is 32.1. The lowest BCUT2D eigenvalue weighted by Gasteiger charge is -2.17. The van der Waals surface area contributed by atoms with E-state index in [4.69, 9.17) is 4.74 Å². The number of amides is 1. The number of nitrogens with one attached hydrogen (secondary N) is 1. The third kappa shape index (κ3) is 4.98. The molecule has 7 heteroatoms. The number of methoxy groups -OCH3 is 1. The van der Waals surface area contributed by atoms with Crippen molar-refractivity contribution in [2.45, 2.75) is 12.5 Å². The molecule has 0 aromatic heterocycles. The van der Waals surface area contributed by atoms with Crippen LogP contribution in [-0.2, 0) is 16.0 Å². The molecule has 4 nitrogen and oxygen atoms in total. The van der Waals surface area contributed by atoms with Gasteiger partial charge in [-0.15, -0.1) is 0 Å². The molecule has 1 atom stereocenters. The average molecular weight is 445 g/mol. The number of hydrogen-bond donors (Lipinski definition) is 1. The van der Waals surface area contributed by atoms with Gasteiger partial charge >= 0.3 is 5.97 Å². The van der Waals surface area contributed by atoms with Gasteiger partial charge in [0.25, 0.3) is 5.91 Å². The van der Waals surface area contributed by atoms with Crippen molar-refractivity contribution in [2.75, 3.05) is 7.11 Å². The van der Waals surface area contributed by atoms with Crippen LogP contribution >= 0.6 is 22.6 Å². The molecule has 24 heavy (non-hydrogen) atoms. The predicted octanol–water partition coefficient (Wildman–Crippen LogP) is 3.08. The van der Waals surface area contributed by atoms with Gasteiger partial charge in [0.15, 0.2) is 0 Å². The largest absolute Gasteiger partial charge is 0.467 e. The Bertz CT molecular complexity index is 747. The first-order chi connectivity index (χ1) is 11.4. The number of carbonyl (C=O) groups is 2. The summed E-state index contributed by atoms with van der Waals surface area (Å²) in [4.78, 5) is 24.1. The summed E-state index contributed by atoms with van der Waals surface area (Å²) in [6.07, 6.45) is 0.201. The second-order valence-corrected chi connectivity index (χ2v) is 6.29. The molecule has 0 bridgehead atoms. The monoisotopic (exact) mass is 445 g/mol. The molecule has 0 saturated carbocycles. The highest BCUT2D eigenvalue weighted by Crippen LogP contribution is 2.12. The van der Waals surface area contributed by atoms with Gasteiger partial charge in [0.05, 0.1) is 7.11 Å².